The molecule has 1 N–H and O–H groups in total. The van der Waals surface area contributed by atoms with Crippen molar-refractivity contribution in [2.45, 2.75) is 6.54 Å². The first kappa shape index (κ1) is 16.0. The molecule has 5 rings (SSSR count). The minimum Gasteiger partial charge on any atom is -0.345 e. The highest BCUT2D eigenvalue weighted by molar-refractivity contribution is 7.16. The summed E-state index contributed by atoms with van der Waals surface area (Å²) in [7, 11) is 0. The normalized spacial score (nSPS) is 11.3. The number of fused-ring (bicyclic) bond motifs is 2. The van der Waals surface area contributed by atoms with Gasteiger partial charge in [0.1, 0.15) is 5.69 Å². The number of hydrogen-bond donors (Lipinski definition) is 1. The number of carbonyl (C=O) groups is 1. The van der Waals surface area contributed by atoms with Gasteiger partial charge in [-0.15, -0.1) is 32.9 Å². The van der Waals surface area contributed by atoms with E-state index in [9.17, 15) is 4.79 Å². The Morgan fingerprint density at radius 1 is 1.11 bits per heavy atom. The summed E-state index contributed by atoms with van der Waals surface area (Å²) in [4.78, 5) is 17.8. The van der Waals surface area contributed by atoms with E-state index in [4.69, 9.17) is 0 Å². The molecule has 4 heterocycles. The quantitative estimate of drug-likeness (QED) is 0.507. The Labute approximate surface area is 161 Å². The van der Waals surface area contributed by atoms with Crippen molar-refractivity contribution >= 4 is 44.4 Å². The van der Waals surface area contributed by atoms with E-state index >= 15 is 0 Å². The second-order valence-electron chi connectivity index (χ2n) is 5.80. The molecule has 5 aromatic rings. The van der Waals surface area contributed by atoms with Crippen molar-refractivity contribution < 1.29 is 4.79 Å². The van der Waals surface area contributed by atoms with Crippen LogP contribution in [0.25, 0.3) is 26.4 Å². The highest BCUT2D eigenvalue weighted by Gasteiger charge is 2.12. The number of thiophene rings is 1. The minimum atomic E-state index is -0.170. The molecule has 0 bridgehead atoms. The molecule has 0 unspecified atom stereocenters. The summed E-state index contributed by atoms with van der Waals surface area (Å²) < 4.78 is 2.65. The van der Waals surface area contributed by atoms with Gasteiger partial charge in [-0.05, 0) is 41.8 Å². The summed E-state index contributed by atoms with van der Waals surface area (Å²) >= 11 is 3.13. The molecule has 7 nitrogen and oxygen atoms in total. The van der Waals surface area contributed by atoms with E-state index in [1.54, 1.807) is 27.4 Å². The van der Waals surface area contributed by atoms with Gasteiger partial charge in [0.05, 0.1) is 27.1 Å². The molecule has 0 spiro atoms. The number of thiazole rings is 1. The maximum absolute atomic E-state index is 12.5. The Morgan fingerprint density at radius 3 is 2.96 bits per heavy atom. The van der Waals surface area contributed by atoms with E-state index in [1.165, 1.54) is 11.3 Å². The van der Waals surface area contributed by atoms with Crippen LogP contribution < -0.4 is 5.32 Å². The first-order valence-corrected chi connectivity index (χ1v) is 9.90. The highest BCUT2D eigenvalue weighted by Crippen LogP contribution is 2.22. The SMILES string of the molecule is O=C(NCc1nnc2ccc(-c3cccs3)nn12)c1ccc2ncsc2c1. The van der Waals surface area contributed by atoms with Gasteiger partial charge in [-0.2, -0.15) is 9.61 Å². The van der Waals surface area contributed by atoms with Crippen molar-refractivity contribution in [2.75, 3.05) is 0 Å². The Balaban J connectivity index is 1.39. The zero-order valence-corrected chi connectivity index (χ0v) is 15.5. The van der Waals surface area contributed by atoms with E-state index in [0.717, 1.165) is 20.8 Å². The molecule has 0 atom stereocenters. The van der Waals surface area contributed by atoms with Crippen LogP contribution in [-0.2, 0) is 6.54 Å². The van der Waals surface area contributed by atoms with Gasteiger partial charge >= 0.3 is 0 Å². The zero-order valence-electron chi connectivity index (χ0n) is 13.9. The Morgan fingerprint density at radius 2 is 2.07 bits per heavy atom. The number of nitrogens with one attached hydrogen (secondary N) is 1. The highest BCUT2D eigenvalue weighted by atomic mass is 32.1. The van der Waals surface area contributed by atoms with Crippen molar-refractivity contribution in [3.8, 4) is 10.6 Å². The first-order chi connectivity index (χ1) is 13.3. The van der Waals surface area contributed by atoms with Crippen LogP contribution in [0, 0.1) is 0 Å². The third-order valence-electron chi connectivity index (χ3n) is 4.10. The van der Waals surface area contributed by atoms with E-state index < -0.39 is 0 Å². The lowest BCUT2D eigenvalue weighted by Crippen LogP contribution is -2.24. The Bertz CT molecular complexity index is 1260. The molecule has 0 saturated heterocycles. The van der Waals surface area contributed by atoms with E-state index in [2.05, 4.69) is 25.6 Å². The predicted molar refractivity (Wildman–Crippen MR) is 105 cm³/mol. The number of amides is 1. The molecule has 4 aromatic heterocycles. The van der Waals surface area contributed by atoms with Crippen LogP contribution in [0.4, 0.5) is 0 Å². The molecule has 27 heavy (non-hydrogen) atoms. The van der Waals surface area contributed by atoms with Gasteiger partial charge in [0.25, 0.3) is 5.91 Å². The lowest BCUT2D eigenvalue weighted by molar-refractivity contribution is 0.0950. The molecule has 0 aliphatic heterocycles. The number of carbonyl (C=O) groups excluding carboxylic acids is 1. The van der Waals surface area contributed by atoms with E-state index in [1.807, 2.05) is 41.8 Å². The van der Waals surface area contributed by atoms with Gasteiger partial charge in [-0.1, -0.05) is 6.07 Å². The van der Waals surface area contributed by atoms with Gasteiger partial charge in [0.2, 0.25) is 0 Å². The molecule has 0 fully saturated rings. The van der Waals surface area contributed by atoms with Crippen LogP contribution in [0.3, 0.4) is 0 Å². The molecule has 1 aromatic carbocycles. The topological polar surface area (TPSA) is 85.1 Å². The van der Waals surface area contributed by atoms with Gasteiger partial charge in [-0.25, -0.2) is 4.98 Å². The summed E-state index contributed by atoms with van der Waals surface area (Å²) in [6.45, 7) is 0.238. The van der Waals surface area contributed by atoms with Gasteiger partial charge in [0.15, 0.2) is 11.5 Å². The second-order valence-corrected chi connectivity index (χ2v) is 7.63. The molecule has 0 saturated carbocycles. The molecule has 0 aliphatic carbocycles. The fraction of sp³-hybridized carbons (Fsp3) is 0.0556. The third kappa shape index (κ3) is 2.96. The maximum Gasteiger partial charge on any atom is 0.251 e. The number of nitrogens with zero attached hydrogens (tertiary/aromatic N) is 5. The van der Waals surface area contributed by atoms with Gasteiger partial charge in [0, 0.05) is 5.56 Å². The van der Waals surface area contributed by atoms with Crippen molar-refractivity contribution in [3.63, 3.8) is 0 Å². The molecular weight excluding hydrogens is 380 g/mol. The average molecular weight is 392 g/mol. The summed E-state index contributed by atoms with van der Waals surface area (Å²) in [6, 6.07) is 13.3. The summed E-state index contributed by atoms with van der Waals surface area (Å²) in [6.07, 6.45) is 0. The molecular formula is C18H12N6OS2. The third-order valence-corrected chi connectivity index (χ3v) is 5.79. The molecule has 0 aliphatic rings. The first-order valence-electron chi connectivity index (χ1n) is 8.14. The van der Waals surface area contributed by atoms with Crippen molar-refractivity contribution in [3.05, 3.63) is 64.7 Å². The van der Waals surface area contributed by atoms with Crippen LogP contribution in [-0.4, -0.2) is 30.7 Å². The maximum atomic E-state index is 12.5. The lowest BCUT2D eigenvalue weighted by Gasteiger charge is -2.05. The predicted octanol–water partition coefficient (Wildman–Crippen LogP) is 3.39. The monoisotopic (exact) mass is 392 g/mol. The van der Waals surface area contributed by atoms with Crippen LogP contribution in [0.5, 0.6) is 0 Å². The summed E-state index contributed by atoms with van der Waals surface area (Å²) in [5, 5.41) is 17.8. The molecule has 9 heteroatoms. The molecule has 1 amide bonds. The lowest BCUT2D eigenvalue weighted by atomic mass is 10.2. The van der Waals surface area contributed by atoms with Gasteiger partial charge < -0.3 is 5.32 Å². The number of hydrogen-bond acceptors (Lipinski definition) is 7. The van der Waals surface area contributed by atoms with Crippen molar-refractivity contribution in [2.24, 2.45) is 0 Å². The number of aromatic nitrogens is 5. The van der Waals surface area contributed by atoms with Crippen molar-refractivity contribution in [1.29, 1.82) is 0 Å². The second kappa shape index (κ2) is 6.53. The average Bonchev–Trinajstić information content (AvgIpc) is 3.45. The largest absolute Gasteiger partial charge is 0.345 e. The van der Waals surface area contributed by atoms with Crippen LogP contribution in [0.15, 0.2) is 53.4 Å². The standard InChI is InChI=1S/C18H12N6OS2/c25-18(11-3-4-12-15(8-11)27-10-20-12)19-9-17-22-21-16-6-5-13(23-24(16)17)14-2-1-7-26-14/h1-8,10H,9H2,(H,19,25). The van der Waals surface area contributed by atoms with Gasteiger partial charge in [-0.3, -0.25) is 4.79 Å². The Hall–Kier alpha value is -3.17. The molecule has 0 radical (unpaired) electrons. The minimum absolute atomic E-state index is 0.170. The fourth-order valence-electron chi connectivity index (χ4n) is 2.76. The Kier molecular flexibility index (Phi) is 3.88. The number of benzene rings is 1. The zero-order chi connectivity index (χ0) is 18.2. The van der Waals surface area contributed by atoms with E-state index in [0.29, 0.717) is 17.0 Å². The smallest absolute Gasteiger partial charge is 0.251 e. The number of rotatable bonds is 4. The van der Waals surface area contributed by atoms with Crippen LogP contribution in [0.1, 0.15) is 16.2 Å². The molecule has 132 valence electrons. The summed E-state index contributed by atoms with van der Waals surface area (Å²) in [5.41, 5.74) is 4.75. The summed E-state index contributed by atoms with van der Waals surface area (Å²) in [5.74, 6) is 0.409. The van der Waals surface area contributed by atoms with Crippen LogP contribution >= 0.6 is 22.7 Å². The van der Waals surface area contributed by atoms with Crippen molar-refractivity contribution in [1.82, 2.24) is 30.1 Å². The van der Waals surface area contributed by atoms with Crippen LogP contribution in [0.2, 0.25) is 0 Å². The van der Waals surface area contributed by atoms with E-state index in [-0.39, 0.29) is 12.5 Å². The fourth-order valence-corrected chi connectivity index (χ4v) is 4.16.